The molecule has 1 unspecified atom stereocenters. The predicted octanol–water partition coefficient (Wildman–Crippen LogP) is 5.55. The number of hydrogen-bond donors (Lipinski definition) is 1. The summed E-state index contributed by atoms with van der Waals surface area (Å²) in [6.45, 7) is 7.11. The van der Waals surface area contributed by atoms with Crippen molar-refractivity contribution in [1.82, 2.24) is 0 Å². The van der Waals surface area contributed by atoms with E-state index in [1.54, 1.807) is 13.8 Å². The third-order valence-electron chi connectivity index (χ3n) is 7.21. The van der Waals surface area contributed by atoms with Gasteiger partial charge in [-0.3, -0.25) is 4.79 Å². The van der Waals surface area contributed by atoms with Crippen LogP contribution in [0.2, 0.25) is 0 Å². The normalized spacial score (nSPS) is 15.7. The molecule has 0 radical (unpaired) electrons. The van der Waals surface area contributed by atoms with E-state index < -0.39 is 17.8 Å². The number of anilines is 1. The first-order chi connectivity index (χ1) is 18.3. The monoisotopic (exact) mass is 527 g/mol. The quantitative estimate of drug-likeness (QED) is 0.306. The summed E-state index contributed by atoms with van der Waals surface area (Å²) >= 11 is 0. The molecule has 1 aliphatic heterocycles. The number of amides is 1. The van der Waals surface area contributed by atoms with Crippen LogP contribution in [-0.2, 0) is 25.7 Å². The van der Waals surface area contributed by atoms with Gasteiger partial charge in [0.1, 0.15) is 12.4 Å². The second-order valence-electron chi connectivity index (χ2n) is 10.0. The van der Waals surface area contributed by atoms with Crippen LogP contribution < -0.4 is 5.32 Å². The van der Waals surface area contributed by atoms with E-state index in [4.69, 9.17) is 9.47 Å². The maximum absolute atomic E-state index is 14.2. The number of esters is 2. The Labute approximate surface area is 224 Å². The summed E-state index contributed by atoms with van der Waals surface area (Å²) in [5, 5.41) is 2.93. The van der Waals surface area contributed by atoms with Crippen molar-refractivity contribution in [3.05, 3.63) is 65.0 Å². The molecule has 1 amide bonds. The summed E-state index contributed by atoms with van der Waals surface area (Å²) in [6.07, 6.45) is 5.20. The molecule has 206 valence electrons. The number of carbonyl (C=O) groups excluding carboxylic acids is 3. The minimum atomic E-state index is -0.694. The van der Waals surface area contributed by atoms with Crippen molar-refractivity contribution in [3.8, 4) is 0 Å². The second kappa shape index (κ2) is 14.0. The van der Waals surface area contributed by atoms with Crippen LogP contribution in [0.3, 0.4) is 0 Å². The molecule has 1 atom stereocenters. The van der Waals surface area contributed by atoms with E-state index in [-0.39, 0.29) is 42.9 Å². The number of likely N-dealkylation sites (tertiary alicyclic amines) is 1. The maximum atomic E-state index is 14.2. The summed E-state index contributed by atoms with van der Waals surface area (Å²) in [4.78, 5) is 39.6. The molecule has 0 spiro atoms. The topological polar surface area (TPSA) is 81.7 Å². The molecule has 0 aliphatic carbocycles. The van der Waals surface area contributed by atoms with Gasteiger partial charge in [0, 0.05) is 6.42 Å². The SMILES string of the molecule is CCCC(C(=O)Nc1c(C)cc(F)cc1C(=O)OCC)[N+]1(CC(=O)OCc2ccccc2)CCCCCC1. The summed E-state index contributed by atoms with van der Waals surface area (Å²) < 4.78 is 25.3. The van der Waals surface area contributed by atoms with Crippen molar-refractivity contribution in [3.63, 3.8) is 0 Å². The Hall–Kier alpha value is -3.26. The van der Waals surface area contributed by atoms with Crippen molar-refractivity contribution in [1.29, 1.82) is 0 Å². The van der Waals surface area contributed by atoms with Crippen LogP contribution in [0.25, 0.3) is 0 Å². The zero-order chi connectivity index (χ0) is 27.5. The van der Waals surface area contributed by atoms with E-state index in [0.717, 1.165) is 43.7 Å². The standard InChI is InChI=1S/C30H39FN2O5/c1-4-13-26(29(35)32-28-22(3)18-24(31)19-25(28)30(36)37-5-2)33(16-11-6-7-12-17-33)20-27(34)38-21-23-14-9-8-10-15-23/h8-10,14-15,18-19,26H,4-7,11-13,16-17,20-21H2,1-3H3/p+1. The number of nitrogens with zero attached hydrogens (tertiary/aromatic N) is 1. The second-order valence-corrected chi connectivity index (χ2v) is 10.0. The Kier molecular flexibility index (Phi) is 10.8. The van der Waals surface area contributed by atoms with Crippen LogP contribution in [0.1, 0.15) is 73.9 Å². The van der Waals surface area contributed by atoms with Crippen LogP contribution in [0.15, 0.2) is 42.5 Å². The number of rotatable bonds is 11. The highest BCUT2D eigenvalue weighted by Crippen LogP contribution is 2.29. The smallest absolute Gasteiger partial charge is 0.362 e. The van der Waals surface area contributed by atoms with Crippen LogP contribution >= 0.6 is 0 Å². The largest absolute Gasteiger partial charge is 0.462 e. The zero-order valence-corrected chi connectivity index (χ0v) is 22.8. The highest BCUT2D eigenvalue weighted by molar-refractivity contribution is 6.03. The van der Waals surface area contributed by atoms with Gasteiger partial charge in [0.25, 0.3) is 5.91 Å². The first-order valence-electron chi connectivity index (χ1n) is 13.6. The fraction of sp³-hybridized carbons (Fsp3) is 0.500. The highest BCUT2D eigenvalue weighted by atomic mass is 19.1. The molecule has 7 nitrogen and oxygen atoms in total. The van der Waals surface area contributed by atoms with Crippen LogP contribution in [0.5, 0.6) is 0 Å². The van der Waals surface area contributed by atoms with E-state index in [1.165, 1.54) is 6.07 Å². The number of aryl methyl sites for hydroxylation is 1. The Balaban J connectivity index is 1.89. The molecule has 2 aromatic carbocycles. The lowest BCUT2D eigenvalue weighted by Crippen LogP contribution is -2.62. The van der Waals surface area contributed by atoms with Crippen molar-refractivity contribution in [2.75, 3.05) is 31.6 Å². The molecule has 0 saturated carbocycles. The van der Waals surface area contributed by atoms with Crippen molar-refractivity contribution >= 4 is 23.5 Å². The lowest BCUT2D eigenvalue weighted by atomic mass is 10.0. The van der Waals surface area contributed by atoms with Gasteiger partial charge in [-0.15, -0.1) is 0 Å². The number of halogens is 1. The molecule has 0 aromatic heterocycles. The third kappa shape index (κ3) is 7.63. The zero-order valence-electron chi connectivity index (χ0n) is 22.8. The fourth-order valence-corrected chi connectivity index (χ4v) is 5.35. The van der Waals surface area contributed by atoms with E-state index in [9.17, 15) is 18.8 Å². The molecule has 8 heteroatoms. The minimum Gasteiger partial charge on any atom is -0.462 e. The van der Waals surface area contributed by atoms with Gasteiger partial charge >= 0.3 is 11.9 Å². The summed E-state index contributed by atoms with van der Waals surface area (Å²) in [5.74, 6) is -1.90. The van der Waals surface area contributed by atoms with Crippen LogP contribution in [0.4, 0.5) is 10.1 Å². The van der Waals surface area contributed by atoms with E-state index in [1.807, 2.05) is 37.3 Å². The van der Waals surface area contributed by atoms with E-state index in [2.05, 4.69) is 5.32 Å². The third-order valence-corrected chi connectivity index (χ3v) is 7.21. The summed E-state index contributed by atoms with van der Waals surface area (Å²) in [5.41, 5.74) is 1.57. The molecule has 38 heavy (non-hydrogen) atoms. The van der Waals surface area contributed by atoms with Gasteiger partial charge in [0.2, 0.25) is 0 Å². The first-order valence-corrected chi connectivity index (χ1v) is 13.6. The molecular weight excluding hydrogens is 487 g/mol. The maximum Gasteiger partial charge on any atom is 0.362 e. The lowest BCUT2D eigenvalue weighted by molar-refractivity contribution is -0.935. The highest BCUT2D eigenvalue weighted by Gasteiger charge is 2.44. The molecule has 2 aromatic rings. The average molecular weight is 528 g/mol. The van der Waals surface area contributed by atoms with Crippen LogP contribution in [0, 0.1) is 12.7 Å². The van der Waals surface area contributed by atoms with Gasteiger partial charge in [0.05, 0.1) is 30.9 Å². The number of hydrogen-bond acceptors (Lipinski definition) is 5. The Morgan fingerprint density at radius 1 is 1.00 bits per heavy atom. The Morgan fingerprint density at radius 2 is 1.68 bits per heavy atom. The number of benzene rings is 2. The molecule has 1 fully saturated rings. The van der Waals surface area contributed by atoms with Crippen molar-refractivity contribution < 1.29 is 32.7 Å². The van der Waals surface area contributed by atoms with Gasteiger partial charge in [0.15, 0.2) is 12.6 Å². The first kappa shape index (κ1) is 29.3. The molecule has 1 heterocycles. The predicted molar refractivity (Wildman–Crippen MR) is 144 cm³/mol. The van der Waals surface area contributed by atoms with Crippen molar-refractivity contribution in [2.24, 2.45) is 0 Å². The fourth-order valence-electron chi connectivity index (χ4n) is 5.35. The molecular formula is C30H40FN2O5+. The average Bonchev–Trinajstić information content (AvgIpc) is 3.14. The van der Waals surface area contributed by atoms with Gasteiger partial charge in [-0.2, -0.15) is 0 Å². The Morgan fingerprint density at radius 3 is 2.32 bits per heavy atom. The molecule has 1 saturated heterocycles. The summed E-state index contributed by atoms with van der Waals surface area (Å²) in [7, 11) is 0. The number of nitrogens with one attached hydrogen (secondary N) is 1. The van der Waals surface area contributed by atoms with Gasteiger partial charge in [-0.25, -0.2) is 14.0 Å². The van der Waals surface area contributed by atoms with E-state index >= 15 is 0 Å². The number of carbonyl (C=O) groups is 3. The molecule has 0 bridgehead atoms. The minimum absolute atomic E-state index is 0.0161. The molecule has 1 aliphatic rings. The van der Waals surface area contributed by atoms with Gasteiger partial charge in [-0.05, 0) is 69.2 Å². The number of ether oxygens (including phenoxy) is 2. The summed E-state index contributed by atoms with van der Waals surface area (Å²) in [6, 6.07) is 11.4. The van der Waals surface area contributed by atoms with Gasteiger partial charge in [-0.1, -0.05) is 37.3 Å². The molecule has 1 N–H and O–H groups in total. The number of quaternary nitrogens is 1. The van der Waals surface area contributed by atoms with Crippen LogP contribution in [-0.4, -0.2) is 54.6 Å². The molecule has 3 rings (SSSR count). The Bertz CT molecular complexity index is 1100. The van der Waals surface area contributed by atoms with Gasteiger partial charge < -0.3 is 19.3 Å². The van der Waals surface area contributed by atoms with Crippen molar-refractivity contribution in [2.45, 2.75) is 71.9 Å². The van der Waals surface area contributed by atoms with E-state index in [0.29, 0.717) is 29.6 Å². The lowest BCUT2D eigenvalue weighted by Gasteiger charge is -2.42.